The van der Waals surface area contributed by atoms with Gasteiger partial charge in [-0.3, -0.25) is 9.69 Å². The molecule has 0 aliphatic carbocycles. The van der Waals surface area contributed by atoms with Gasteiger partial charge in [0.15, 0.2) is 5.82 Å². The smallest absolute Gasteiger partial charge is 0.266 e. The molecular weight excluding hydrogens is 370 g/mol. The first-order valence-corrected chi connectivity index (χ1v) is 10.6. The summed E-state index contributed by atoms with van der Waals surface area (Å²) in [6, 6.07) is 3.49. The van der Waals surface area contributed by atoms with Crippen LogP contribution in [-0.2, 0) is 23.2 Å². The molecule has 2 aliphatic rings. The zero-order chi connectivity index (χ0) is 20.4. The molecule has 2 aliphatic heterocycles. The summed E-state index contributed by atoms with van der Waals surface area (Å²) in [5.74, 6) is 2.16. The second-order valence-corrected chi connectivity index (χ2v) is 9.32. The molecule has 8 nitrogen and oxygen atoms in total. The third-order valence-electron chi connectivity index (χ3n) is 5.90. The third kappa shape index (κ3) is 4.93. The molecule has 2 aromatic heterocycles. The van der Waals surface area contributed by atoms with Crippen molar-refractivity contribution in [3.63, 3.8) is 0 Å². The Labute approximate surface area is 171 Å². The van der Waals surface area contributed by atoms with Crippen LogP contribution in [0.15, 0.2) is 21.5 Å². The van der Waals surface area contributed by atoms with E-state index in [4.69, 9.17) is 9.26 Å². The van der Waals surface area contributed by atoms with Crippen LogP contribution in [0, 0.1) is 5.92 Å². The molecule has 0 radical (unpaired) electrons. The summed E-state index contributed by atoms with van der Waals surface area (Å²) in [5, 5.41) is 8.76. The van der Waals surface area contributed by atoms with Crippen LogP contribution >= 0.6 is 0 Å². The van der Waals surface area contributed by atoms with E-state index in [1.165, 1.54) is 0 Å². The highest BCUT2D eigenvalue weighted by atomic mass is 16.5. The van der Waals surface area contributed by atoms with Gasteiger partial charge in [0.25, 0.3) is 5.56 Å². The van der Waals surface area contributed by atoms with Gasteiger partial charge in [-0.05, 0) is 44.3 Å². The van der Waals surface area contributed by atoms with E-state index in [1.807, 2.05) is 6.07 Å². The first-order chi connectivity index (χ1) is 13.9. The summed E-state index contributed by atoms with van der Waals surface area (Å²) in [4.78, 5) is 19.2. The average Bonchev–Trinajstić information content (AvgIpc) is 3.36. The van der Waals surface area contributed by atoms with Crippen molar-refractivity contribution in [2.75, 3.05) is 26.3 Å². The highest BCUT2D eigenvalue weighted by Gasteiger charge is 2.26. The predicted octanol–water partition coefficient (Wildman–Crippen LogP) is 2.34. The van der Waals surface area contributed by atoms with Crippen molar-refractivity contribution in [3.8, 4) is 0 Å². The van der Waals surface area contributed by atoms with Gasteiger partial charge in [-0.25, -0.2) is 4.68 Å². The zero-order valence-electron chi connectivity index (χ0n) is 17.6. The summed E-state index contributed by atoms with van der Waals surface area (Å²) in [5.41, 5.74) is 0.873. The molecule has 0 saturated carbocycles. The van der Waals surface area contributed by atoms with Gasteiger partial charge in [0.05, 0.1) is 24.8 Å². The fourth-order valence-electron chi connectivity index (χ4n) is 3.98. The quantitative estimate of drug-likeness (QED) is 0.760. The lowest BCUT2D eigenvalue weighted by atomic mass is 9.92. The number of rotatable bonds is 5. The minimum absolute atomic E-state index is 0.0179. The van der Waals surface area contributed by atoms with Crippen molar-refractivity contribution in [2.45, 2.75) is 64.5 Å². The number of ether oxygens (including phenoxy) is 1. The Kier molecular flexibility index (Phi) is 5.83. The molecule has 0 amide bonds. The van der Waals surface area contributed by atoms with Crippen molar-refractivity contribution in [1.29, 1.82) is 0 Å². The molecule has 158 valence electrons. The van der Waals surface area contributed by atoms with Crippen molar-refractivity contribution in [2.24, 2.45) is 5.92 Å². The topological polar surface area (TPSA) is 86.3 Å². The van der Waals surface area contributed by atoms with Crippen LogP contribution < -0.4 is 5.56 Å². The van der Waals surface area contributed by atoms with Gasteiger partial charge in [0.1, 0.15) is 0 Å². The number of aromatic nitrogens is 4. The standard InChI is InChI=1S/C21H31N5O3/c1-21(2,3)17-4-5-19(27)26(23-17)12-15-6-9-25(10-7-15)13-18-22-20(29-24-18)16-8-11-28-14-16/h4-5,15-16H,6-14H2,1-3H3. The molecule has 8 heteroatoms. The lowest BCUT2D eigenvalue weighted by Crippen LogP contribution is -2.37. The minimum atomic E-state index is -0.0626. The number of nitrogens with zero attached hydrogens (tertiary/aromatic N) is 5. The molecule has 4 rings (SSSR count). The van der Waals surface area contributed by atoms with Gasteiger partial charge in [-0.2, -0.15) is 10.1 Å². The summed E-state index contributed by atoms with van der Waals surface area (Å²) in [6.07, 6.45) is 3.03. The molecule has 1 atom stereocenters. The molecule has 0 N–H and O–H groups in total. The van der Waals surface area contributed by atoms with Crippen LogP contribution in [0.3, 0.4) is 0 Å². The third-order valence-corrected chi connectivity index (χ3v) is 5.90. The van der Waals surface area contributed by atoms with Gasteiger partial charge < -0.3 is 9.26 Å². The number of hydrogen-bond donors (Lipinski definition) is 0. The minimum Gasteiger partial charge on any atom is -0.381 e. The van der Waals surface area contributed by atoms with Gasteiger partial charge in [0.2, 0.25) is 5.89 Å². The molecule has 0 aromatic carbocycles. The van der Waals surface area contributed by atoms with Crippen LogP contribution in [0.1, 0.15) is 63.4 Å². The molecule has 1 unspecified atom stereocenters. The van der Waals surface area contributed by atoms with Crippen LogP contribution in [0.2, 0.25) is 0 Å². The normalized spacial score (nSPS) is 21.7. The summed E-state index contributed by atoms with van der Waals surface area (Å²) in [7, 11) is 0. The Bertz CT molecular complexity index is 871. The van der Waals surface area contributed by atoms with Crippen molar-refractivity contribution in [3.05, 3.63) is 39.9 Å². The van der Waals surface area contributed by atoms with Gasteiger partial charge in [-0.1, -0.05) is 25.9 Å². The Hall–Kier alpha value is -2.06. The maximum atomic E-state index is 12.2. The summed E-state index contributed by atoms with van der Waals surface area (Å²) >= 11 is 0. The van der Waals surface area contributed by atoms with Crippen molar-refractivity contribution in [1.82, 2.24) is 24.8 Å². The van der Waals surface area contributed by atoms with E-state index < -0.39 is 0 Å². The number of likely N-dealkylation sites (tertiary alicyclic amines) is 1. The number of piperidine rings is 1. The molecular formula is C21H31N5O3. The first-order valence-electron chi connectivity index (χ1n) is 10.6. The van der Waals surface area contributed by atoms with E-state index in [2.05, 4.69) is 40.9 Å². The van der Waals surface area contributed by atoms with Crippen LogP contribution in [-0.4, -0.2) is 51.1 Å². The molecule has 0 bridgehead atoms. The van der Waals surface area contributed by atoms with Crippen molar-refractivity contribution >= 4 is 0 Å². The van der Waals surface area contributed by atoms with E-state index in [0.717, 1.165) is 50.5 Å². The highest BCUT2D eigenvalue weighted by molar-refractivity contribution is 5.10. The second kappa shape index (κ2) is 8.36. The van der Waals surface area contributed by atoms with Gasteiger partial charge in [-0.15, -0.1) is 0 Å². The Balaban J connectivity index is 1.30. The van der Waals surface area contributed by atoms with Gasteiger partial charge >= 0.3 is 0 Å². The summed E-state index contributed by atoms with van der Waals surface area (Å²) in [6.45, 7) is 11.1. The lowest BCUT2D eigenvalue weighted by molar-refractivity contribution is 0.158. The largest absolute Gasteiger partial charge is 0.381 e. The van der Waals surface area contributed by atoms with Crippen LogP contribution in [0.4, 0.5) is 0 Å². The van der Waals surface area contributed by atoms with Crippen LogP contribution in [0.25, 0.3) is 0 Å². The maximum Gasteiger partial charge on any atom is 0.266 e. The van der Waals surface area contributed by atoms with E-state index in [-0.39, 0.29) is 16.9 Å². The van der Waals surface area contributed by atoms with E-state index in [0.29, 0.717) is 31.5 Å². The Morgan fingerprint density at radius 2 is 1.97 bits per heavy atom. The average molecular weight is 402 g/mol. The molecule has 29 heavy (non-hydrogen) atoms. The zero-order valence-corrected chi connectivity index (χ0v) is 17.6. The Morgan fingerprint density at radius 1 is 1.17 bits per heavy atom. The van der Waals surface area contributed by atoms with E-state index >= 15 is 0 Å². The van der Waals surface area contributed by atoms with E-state index in [9.17, 15) is 4.79 Å². The van der Waals surface area contributed by atoms with Crippen molar-refractivity contribution < 1.29 is 9.26 Å². The Morgan fingerprint density at radius 3 is 2.66 bits per heavy atom. The molecule has 2 aromatic rings. The molecule has 2 saturated heterocycles. The highest BCUT2D eigenvalue weighted by Crippen LogP contribution is 2.25. The molecule has 4 heterocycles. The maximum absolute atomic E-state index is 12.2. The van der Waals surface area contributed by atoms with Gasteiger partial charge in [0, 0.05) is 24.6 Å². The fraction of sp³-hybridized carbons (Fsp3) is 0.714. The predicted molar refractivity (Wildman–Crippen MR) is 108 cm³/mol. The molecule has 2 fully saturated rings. The SMILES string of the molecule is CC(C)(C)c1ccc(=O)n(CC2CCN(Cc3noc(C4CCOC4)n3)CC2)n1. The summed E-state index contributed by atoms with van der Waals surface area (Å²) < 4.78 is 12.5. The molecule has 0 spiro atoms. The monoisotopic (exact) mass is 401 g/mol. The lowest BCUT2D eigenvalue weighted by Gasteiger charge is -2.31. The fourth-order valence-corrected chi connectivity index (χ4v) is 3.98. The van der Waals surface area contributed by atoms with E-state index in [1.54, 1.807) is 10.7 Å². The number of hydrogen-bond acceptors (Lipinski definition) is 7. The first kappa shape index (κ1) is 20.2. The second-order valence-electron chi connectivity index (χ2n) is 9.32. The van der Waals surface area contributed by atoms with Crippen LogP contribution in [0.5, 0.6) is 0 Å².